The molecule has 0 aromatic carbocycles. The Hall–Kier alpha value is -0.0800. The Labute approximate surface area is 113 Å². The fourth-order valence-corrected chi connectivity index (χ4v) is 4.25. The lowest BCUT2D eigenvalue weighted by molar-refractivity contribution is -0.0514. The van der Waals surface area contributed by atoms with E-state index in [4.69, 9.17) is 4.74 Å². The molecule has 2 aliphatic rings. The van der Waals surface area contributed by atoms with Crippen molar-refractivity contribution in [3.8, 4) is 0 Å². The molecule has 0 radical (unpaired) electrons. The Morgan fingerprint density at radius 1 is 1.17 bits per heavy atom. The molecule has 2 fully saturated rings. The highest BCUT2D eigenvalue weighted by molar-refractivity contribution is 5.11. The summed E-state index contributed by atoms with van der Waals surface area (Å²) in [4.78, 5) is 2.45. The molecule has 2 aliphatic carbocycles. The molecular formula is C16H31NO. The van der Waals surface area contributed by atoms with Crippen LogP contribution in [-0.2, 0) is 4.74 Å². The van der Waals surface area contributed by atoms with Gasteiger partial charge in [0, 0.05) is 6.54 Å². The van der Waals surface area contributed by atoms with Crippen molar-refractivity contribution in [2.24, 2.45) is 16.7 Å². The molecule has 2 nitrogen and oxygen atoms in total. The lowest BCUT2D eigenvalue weighted by atomic mass is 9.70. The number of likely N-dealkylation sites (N-methyl/N-ethyl adjacent to an activating group) is 1. The Morgan fingerprint density at radius 3 is 2.28 bits per heavy atom. The highest BCUT2D eigenvalue weighted by atomic mass is 16.5. The Morgan fingerprint density at radius 2 is 1.83 bits per heavy atom. The molecule has 2 saturated carbocycles. The molecule has 2 heteroatoms. The van der Waals surface area contributed by atoms with Gasteiger partial charge in [-0.25, -0.2) is 0 Å². The van der Waals surface area contributed by atoms with E-state index >= 15 is 0 Å². The fraction of sp³-hybridized carbons (Fsp3) is 1.00. The molecule has 0 amide bonds. The first-order valence-electron chi connectivity index (χ1n) is 7.79. The van der Waals surface area contributed by atoms with Crippen LogP contribution in [-0.4, -0.2) is 37.2 Å². The molecule has 0 saturated heterocycles. The van der Waals surface area contributed by atoms with Crippen molar-refractivity contribution in [2.45, 2.75) is 60.0 Å². The third kappa shape index (κ3) is 2.12. The Kier molecular flexibility index (Phi) is 4.08. The van der Waals surface area contributed by atoms with Gasteiger partial charge >= 0.3 is 0 Å². The molecule has 0 spiro atoms. The van der Waals surface area contributed by atoms with Crippen LogP contribution in [0.25, 0.3) is 0 Å². The summed E-state index contributed by atoms with van der Waals surface area (Å²) in [5.41, 5.74) is 0.897. The van der Waals surface area contributed by atoms with Gasteiger partial charge in [-0.05, 0) is 49.1 Å². The molecule has 3 atom stereocenters. The SMILES string of the molecule is CCN(CC)CCOC1CC2CCC1(C)C2(C)C. The highest BCUT2D eigenvalue weighted by Gasteiger charge is 2.61. The van der Waals surface area contributed by atoms with E-state index in [-0.39, 0.29) is 0 Å². The molecule has 2 rings (SSSR count). The van der Waals surface area contributed by atoms with Gasteiger partial charge < -0.3 is 9.64 Å². The van der Waals surface area contributed by atoms with E-state index < -0.39 is 0 Å². The first kappa shape index (κ1) is 14.3. The molecule has 0 aromatic heterocycles. The summed E-state index contributed by atoms with van der Waals surface area (Å²) in [7, 11) is 0. The van der Waals surface area contributed by atoms with Crippen LogP contribution < -0.4 is 0 Å². The summed E-state index contributed by atoms with van der Waals surface area (Å²) in [6, 6.07) is 0. The quantitative estimate of drug-likeness (QED) is 0.717. The normalized spacial score (nSPS) is 37.7. The zero-order valence-corrected chi connectivity index (χ0v) is 13.0. The minimum absolute atomic E-state index is 0.418. The number of rotatable bonds is 6. The van der Waals surface area contributed by atoms with Crippen LogP contribution in [0.3, 0.4) is 0 Å². The van der Waals surface area contributed by atoms with Crippen LogP contribution in [0, 0.1) is 16.7 Å². The molecule has 0 aliphatic heterocycles. The van der Waals surface area contributed by atoms with Crippen LogP contribution >= 0.6 is 0 Å². The van der Waals surface area contributed by atoms with E-state index in [0.717, 1.165) is 32.2 Å². The maximum Gasteiger partial charge on any atom is 0.0637 e. The lowest BCUT2D eigenvalue weighted by Gasteiger charge is -2.39. The number of fused-ring (bicyclic) bond motifs is 2. The molecule has 3 unspecified atom stereocenters. The van der Waals surface area contributed by atoms with Gasteiger partial charge in [0.15, 0.2) is 0 Å². The van der Waals surface area contributed by atoms with Crippen molar-refractivity contribution in [3.05, 3.63) is 0 Å². The van der Waals surface area contributed by atoms with Crippen LogP contribution in [0.2, 0.25) is 0 Å². The third-order valence-corrected chi connectivity index (χ3v) is 6.33. The Balaban J connectivity index is 1.85. The summed E-state index contributed by atoms with van der Waals surface area (Å²) < 4.78 is 6.27. The maximum atomic E-state index is 6.27. The van der Waals surface area contributed by atoms with Crippen molar-refractivity contribution < 1.29 is 4.74 Å². The average molecular weight is 253 g/mol. The molecule has 18 heavy (non-hydrogen) atoms. The third-order valence-electron chi connectivity index (χ3n) is 6.33. The van der Waals surface area contributed by atoms with Crippen LogP contribution in [0.5, 0.6) is 0 Å². The number of hydrogen-bond acceptors (Lipinski definition) is 2. The Bertz CT molecular complexity index is 285. The van der Waals surface area contributed by atoms with Gasteiger partial charge in [-0.1, -0.05) is 34.6 Å². The predicted octanol–water partition coefficient (Wildman–Crippen LogP) is 3.56. The zero-order valence-electron chi connectivity index (χ0n) is 13.0. The largest absolute Gasteiger partial charge is 0.376 e. The van der Waals surface area contributed by atoms with Crippen molar-refractivity contribution in [2.75, 3.05) is 26.2 Å². The second kappa shape index (κ2) is 5.13. The highest BCUT2D eigenvalue weighted by Crippen LogP contribution is 2.66. The minimum atomic E-state index is 0.418. The first-order valence-corrected chi connectivity index (χ1v) is 7.79. The zero-order chi connectivity index (χ0) is 13.4. The van der Waals surface area contributed by atoms with Gasteiger partial charge in [0.1, 0.15) is 0 Å². The topological polar surface area (TPSA) is 12.5 Å². The van der Waals surface area contributed by atoms with Crippen molar-refractivity contribution in [1.29, 1.82) is 0 Å². The van der Waals surface area contributed by atoms with E-state index in [1.807, 2.05) is 0 Å². The van der Waals surface area contributed by atoms with Crippen LogP contribution in [0.1, 0.15) is 53.9 Å². The summed E-state index contributed by atoms with van der Waals surface area (Å²) in [5.74, 6) is 0.890. The molecule has 0 aromatic rings. The lowest BCUT2D eigenvalue weighted by Crippen LogP contribution is -2.38. The summed E-state index contributed by atoms with van der Waals surface area (Å²) in [5, 5.41) is 0. The van der Waals surface area contributed by atoms with Crippen LogP contribution in [0.4, 0.5) is 0 Å². The summed E-state index contributed by atoms with van der Waals surface area (Å²) >= 11 is 0. The van der Waals surface area contributed by atoms with Gasteiger partial charge in [-0.15, -0.1) is 0 Å². The predicted molar refractivity (Wildman–Crippen MR) is 76.8 cm³/mol. The number of ether oxygens (including phenoxy) is 1. The average Bonchev–Trinajstić information content (AvgIpc) is 2.67. The summed E-state index contributed by atoms with van der Waals surface area (Å²) in [6.07, 6.45) is 4.57. The smallest absolute Gasteiger partial charge is 0.0637 e. The van der Waals surface area contributed by atoms with Crippen LogP contribution in [0.15, 0.2) is 0 Å². The van der Waals surface area contributed by atoms with E-state index in [1.54, 1.807) is 0 Å². The van der Waals surface area contributed by atoms with Crippen molar-refractivity contribution in [3.63, 3.8) is 0 Å². The van der Waals surface area contributed by atoms with Crippen molar-refractivity contribution in [1.82, 2.24) is 4.90 Å². The molecule has 106 valence electrons. The van der Waals surface area contributed by atoms with E-state index in [0.29, 0.717) is 16.9 Å². The first-order chi connectivity index (χ1) is 8.45. The van der Waals surface area contributed by atoms with Gasteiger partial charge in [-0.3, -0.25) is 0 Å². The number of hydrogen-bond donors (Lipinski definition) is 0. The van der Waals surface area contributed by atoms with E-state index in [9.17, 15) is 0 Å². The minimum Gasteiger partial charge on any atom is -0.376 e. The standard InChI is InChI=1S/C16H31NO/c1-6-17(7-2)10-11-18-14-12-13-8-9-16(14,5)15(13,3)4/h13-14H,6-12H2,1-5H3. The fourth-order valence-electron chi connectivity index (χ4n) is 4.25. The molecular weight excluding hydrogens is 222 g/mol. The van der Waals surface area contributed by atoms with Gasteiger partial charge in [0.25, 0.3) is 0 Å². The second-order valence-corrected chi connectivity index (χ2v) is 7.00. The van der Waals surface area contributed by atoms with Crippen molar-refractivity contribution >= 4 is 0 Å². The van der Waals surface area contributed by atoms with Gasteiger partial charge in [0.05, 0.1) is 12.7 Å². The van der Waals surface area contributed by atoms with E-state index in [1.165, 1.54) is 19.3 Å². The monoisotopic (exact) mass is 253 g/mol. The van der Waals surface area contributed by atoms with Gasteiger partial charge in [-0.2, -0.15) is 0 Å². The molecule has 2 bridgehead atoms. The molecule has 0 heterocycles. The van der Waals surface area contributed by atoms with Gasteiger partial charge in [0.2, 0.25) is 0 Å². The maximum absolute atomic E-state index is 6.27. The van der Waals surface area contributed by atoms with E-state index in [2.05, 4.69) is 39.5 Å². The second-order valence-electron chi connectivity index (χ2n) is 7.00. The summed E-state index contributed by atoms with van der Waals surface area (Å²) in [6.45, 7) is 16.1. The number of nitrogens with zero attached hydrogens (tertiary/aromatic N) is 1. The molecule has 0 N–H and O–H groups in total.